The standard InChI is InChI=1S/C13H13ClN2O2S/c1-8-5-11(12(16(17)18)6-9(8)2)15-7-10-3-4-13(14)19-10/h3-6,15H,7H2,1-2H3. The predicted molar refractivity (Wildman–Crippen MR) is 79.2 cm³/mol. The zero-order chi connectivity index (χ0) is 14.0. The number of nitrogens with zero attached hydrogens (tertiary/aromatic N) is 1. The summed E-state index contributed by atoms with van der Waals surface area (Å²) in [6, 6.07) is 7.13. The highest BCUT2D eigenvalue weighted by Crippen LogP contribution is 2.29. The summed E-state index contributed by atoms with van der Waals surface area (Å²) in [7, 11) is 0. The van der Waals surface area contributed by atoms with Gasteiger partial charge in [-0.1, -0.05) is 11.6 Å². The molecular weight excluding hydrogens is 284 g/mol. The average Bonchev–Trinajstić information content (AvgIpc) is 2.76. The number of hydrogen-bond acceptors (Lipinski definition) is 4. The first kappa shape index (κ1) is 13.8. The lowest BCUT2D eigenvalue weighted by Crippen LogP contribution is -2.02. The van der Waals surface area contributed by atoms with Crippen LogP contribution in [0.5, 0.6) is 0 Å². The third-order valence-corrected chi connectivity index (χ3v) is 4.12. The summed E-state index contributed by atoms with van der Waals surface area (Å²) in [5.74, 6) is 0. The number of hydrogen-bond donors (Lipinski definition) is 1. The van der Waals surface area contributed by atoms with E-state index < -0.39 is 0 Å². The Morgan fingerprint density at radius 1 is 1.32 bits per heavy atom. The maximum absolute atomic E-state index is 11.0. The number of nitro benzene ring substituents is 1. The van der Waals surface area contributed by atoms with Gasteiger partial charge in [0.15, 0.2) is 0 Å². The molecule has 1 aromatic heterocycles. The Bertz CT molecular complexity index is 625. The second-order valence-electron chi connectivity index (χ2n) is 4.27. The van der Waals surface area contributed by atoms with Crippen molar-refractivity contribution in [3.8, 4) is 0 Å². The molecule has 0 radical (unpaired) electrons. The fourth-order valence-electron chi connectivity index (χ4n) is 1.72. The lowest BCUT2D eigenvalue weighted by atomic mass is 10.1. The molecule has 0 aliphatic rings. The predicted octanol–water partition coefficient (Wildman–Crippen LogP) is 4.54. The first-order valence-corrected chi connectivity index (χ1v) is 6.90. The van der Waals surface area contributed by atoms with Crippen LogP contribution in [0.4, 0.5) is 11.4 Å². The van der Waals surface area contributed by atoms with Crippen molar-refractivity contribution >= 4 is 34.3 Å². The van der Waals surface area contributed by atoms with Gasteiger partial charge in [0.1, 0.15) is 5.69 Å². The molecule has 0 amide bonds. The molecule has 19 heavy (non-hydrogen) atoms. The molecule has 100 valence electrons. The highest BCUT2D eigenvalue weighted by molar-refractivity contribution is 7.16. The Morgan fingerprint density at radius 3 is 2.58 bits per heavy atom. The highest BCUT2D eigenvalue weighted by atomic mass is 35.5. The summed E-state index contributed by atoms with van der Waals surface area (Å²) in [5, 5.41) is 14.2. The van der Waals surface area contributed by atoms with Gasteiger partial charge in [-0.2, -0.15) is 0 Å². The van der Waals surface area contributed by atoms with Crippen molar-refractivity contribution in [3.05, 3.63) is 54.7 Å². The molecule has 0 saturated carbocycles. The zero-order valence-electron chi connectivity index (χ0n) is 10.6. The molecule has 0 unspecified atom stereocenters. The molecule has 1 N–H and O–H groups in total. The van der Waals surface area contributed by atoms with Gasteiger partial charge in [0.25, 0.3) is 5.69 Å². The van der Waals surface area contributed by atoms with Crippen LogP contribution in [0.2, 0.25) is 4.34 Å². The molecule has 4 nitrogen and oxygen atoms in total. The van der Waals surface area contributed by atoms with Crippen LogP contribution in [-0.4, -0.2) is 4.92 Å². The SMILES string of the molecule is Cc1cc(NCc2ccc(Cl)s2)c([N+](=O)[O-])cc1C. The Morgan fingerprint density at radius 2 is 2.00 bits per heavy atom. The van der Waals surface area contributed by atoms with Crippen molar-refractivity contribution < 1.29 is 4.92 Å². The van der Waals surface area contributed by atoms with Gasteiger partial charge in [-0.15, -0.1) is 11.3 Å². The first-order valence-electron chi connectivity index (χ1n) is 5.71. The van der Waals surface area contributed by atoms with Crippen LogP contribution in [0.25, 0.3) is 0 Å². The van der Waals surface area contributed by atoms with Crippen LogP contribution in [0.1, 0.15) is 16.0 Å². The number of anilines is 1. The molecule has 0 atom stereocenters. The molecule has 0 bridgehead atoms. The van der Waals surface area contributed by atoms with E-state index in [-0.39, 0.29) is 10.6 Å². The molecular formula is C13H13ClN2O2S. The fraction of sp³-hybridized carbons (Fsp3) is 0.231. The van der Waals surface area contributed by atoms with Crippen LogP contribution < -0.4 is 5.32 Å². The van der Waals surface area contributed by atoms with Crippen LogP contribution in [-0.2, 0) is 6.54 Å². The summed E-state index contributed by atoms with van der Waals surface area (Å²) in [5.41, 5.74) is 2.58. The summed E-state index contributed by atoms with van der Waals surface area (Å²) < 4.78 is 0.714. The number of halogens is 1. The molecule has 0 aliphatic heterocycles. The molecule has 0 spiro atoms. The number of aryl methyl sites for hydroxylation is 2. The molecule has 1 heterocycles. The molecule has 6 heteroatoms. The second kappa shape index (κ2) is 5.59. The number of benzene rings is 1. The normalized spacial score (nSPS) is 10.5. The lowest BCUT2D eigenvalue weighted by Gasteiger charge is -2.08. The van der Waals surface area contributed by atoms with Gasteiger partial charge in [0.05, 0.1) is 9.26 Å². The topological polar surface area (TPSA) is 55.2 Å². The maximum atomic E-state index is 11.0. The van der Waals surface area contributed by atoms with E-state index in [2.05, 4.69) is 5.32 Å². The molecule has 2 aromatic rings. The molecule has 0 saturated heterocycles. The van der Waals surface area contributed by atoms with E-state index in [0.717, 1.165) is 16.0 Å². The van der Waals surface area contributed by atoms with Gasteiger partial charge in [-0.3, -0.25) is 10.1 Å². The quantitative estimate of drug-likeness (QED) is 0.665. The lowest BCUT2D eigenvalue weighted by molar-refractivity contribution is -0.384. The second-order valence-corrected chi connectivity index (χ2v) is 6.07. The van der Waals surface area contributed by atoms with E-state index in [1.165, 1.54) is 11.3 Å². The Balaban J connectivity index is 2.23. The summed E-state index contributed by atoms with van der Waals surface area (Å²) in [4.78, 5) is 11.7. The van der Waals surface area contributed by atoms with E-state index in [0.29, 0.717) is 16.6 Å². The van der Waals surface area contributed by atoms with Gasteiger partial charge < -0.3 is 5.32 Å². The maximum Gasteiger partial charge on any atom is 0.292 e. The summed E-state index contributed by atoms with van der Waals surface area (Å²) >= 11 is 7.31. The van der Waals surface area contributed by atoms with Gasteiger partial charge >= 0.3 is 0 Å². The number of nitro groups is 1. The van der Waals surface area contributed by atoms with Crippen molar-refractivity contribution in [1.29, 1.82) is 0 Å². The molecule has 1 aromatic carbocycles. The molecule has 0 fully saturated rings. The van der Waals surface area contributed by atoms with E-state index in [4.69, 9.17) is 11.6 Å². The van der Waals surface area contributed by atoms with E-state index in [9.17, 15) is 10.1 Å². The Kier molecular flexibility index (Phi) is 4.07. The number of rotatable bonds is 4. The Hall–Kier alpha value is -1.59. The van der Waals surface area contributed by atoms with Gasteiger partial charge in [0.2, 0.25) is 0 Å². The van der Waals surface area contributed by atoms with Crippen molar-refractivity contribution in [2.24, 2.45) is 0 Å². The van der Waals surface area contributed by atoms with Crippen LogP contribution in [0, 0.1) is 24.0 Å². The van der Waals surface area contributed by atoms with Crippen LogP contribution in [0.3, 0.4) is 0 Å². The van der Waals surface area contributed by atoms with Gasteiger partial charge in [-0.25, -0.2) is 0 Å². The van der Waals surface area contributed by atoms with Crippen molar-refractivity contribution in [3.63, 3.8) is 0 Å². The van der Waals surface area contributed by atoms with Gasteiger partial charge in [0, 0.05) is 17.5 Å². The Labute approximate surface area is 120 Å². The minimum atomic E-state index is -0.365. The number of thiophene rings is 1. The van der Waals surface area contributed by atoms with Crippen molar-refractivity contribution in [2.75, 3.05) is 5.32 Å². The van der Waals surface area contributed by atoms with Crippen LogP contribution >= 0.6 is 22.9 Å². The van der Waals surface area contributed by atoms with Crippen molar-refractivity contribution in [2.45, 2.75) is 20.4 Å². The van der Waals surface area contributed by atoms with Crippen LogP contribution in [0.15, 0.2) is 24.3 Å². The smallest absolute Gasteiger partial charge is 0.292 e. The van der Waals surface area contributed by atoms with Crippen molar-refractivity contribution in [1.82, 2.24) is 0 Å². The van der Waals surface area contributed by atoms with E-state index in [1.54, 1.807) is 6.07 Å². The average molecular weight is 297 g/mol. The fourth-order valence-corrected chi connectivity index (χ4v) is 2.75. The van der Waals surface area contributed by atoms with E-state index in [1.807, 2.05) is 32.0 Å². The third-order valence-electron chi connectivity index (χ3n) is 2.89. The molecule has 2 rings (SSSR count). The highest BCUT2D eigenvalue weighted by Gasteiger charge is 2.15. The monoisotopic (exact) mass is 296 g/mol. The first-order chi connectivity index (χ1) is 8.97. The minimum Gasteiger partial charge on any atom is -0.375 e. The largest absolute Gasteiger partial charge is 0.375 e. The summed E-state index contributed by atoms with van der Waals surface area (Å²) in [6.45, 7) is 4.33. The van der Waals surface area contributed by atoms with E-state index >= 15 is 0 Å². The minimum absolute atomic E-state index is 0.103. The zero-order valence-corrected chi connectivity index (χ0v) is 12.1. The van der Waals surface area contributed by atoms with Gasteiger partial charge in [-0.05, 0) is 43.2 Å². The molecule has 0 aliphatic carbocycles. The summed E-state index contributed by atoms with van der Waals surface area (Å²) in [6.07, 6.45) is 0. The third kappa shape index (κ3) is 3.24. The number of nitrogens with one attached hydrogen (secondary N) is 1.